The molecule has 0 radical (unpaired) electrons. The Balaban J connectivity index is 2.25. The molecule has 0 saturated heterocycles. The van der Waals surface area contributed by atoms with Gasteiger partial charge in [-0.25, -0.2) is 4.39 Å². The fraction of sp³-hybridized carbons (Fsp3) is 0.533. The fourth-order valence-corrected chi connectivity index (χ4v) is 2.96. The molecule has 3 nitrogen and oxygen atoms in total. The third-order valence-electron chi connectivity index (χ3n) is 4.15. The molecule has 1 aromatic rings. The van der Waals surface area contributed by atoms with Crippen molar-refractivity contribution < 1.29 is 9.18 Å². The van der Waals surface area contributed by atoms with Gasteiger partial charge in [-0.2, -0.15) is 0 Å². The molecular formula is C15H21FN2O. The molecule has 1 amide bonds. The molecule has 0 spiro atoms. The Morgan fingerprint density at radius 3 is 2.89 bits per heavy atom. The highest BCUT2D eigenvalue weighted by atomic mass is 19.1. The number of carbonyl (C=O) groups excluding carboxylic acids is 1. The molecule has 0 heterocycles. The lowest BCUT2D eigenvalue weighted by atomic mass is 9.74. The molecule has 1 saturated carbocycles. The Labute approximate surface area is 113 Å². The molecule has 2 rings (SSSR count). The average Bonchev–Trinajstić information content (AvgIpc) is 2.41. The summed E-state index contributed by atoms with van der Waals surface area (Å²) in [5, 5.41) is 3.08. The molecule has 2 atom stereocenters. The summed E-state index contributed by atoms with van der Waals surface area (Å²) in [6, 6.07) is 6.42. The molecule has 3 N–H and O–H groups in total. The third kappa shape index (κ3) is 2.88. The van der Waals surface area contributed by atoms with Crippen LogP contribution in [0.1, 0.15) is 39.0 Å². The van der Waals surface area contributed by atoms with Gasteiger partial charge in [0.2, 0.25) is 5.91 Å². The summed E-state index contributed by atoms with van der Waals surface area (Å²) < 4.78 is 13.7. The number of para-hydroxylation sites is 1. The van der Waals surface area contributed by atoms with E-state index in [1.54, 1.807) is 18.2 Å². The molecule has 1 aliphatic carbocycles. The number of benzene rings is 1. The van der Waals surface area contributed by atoms with E-state index in [2.05, 4.69) is 12.2 Å². The molecule has 4 heteroatoms. The lowest BCUT2D eigenvalue weighted by Crippen LogP contribution is -2.53. The van der Waals surface area contributed by atoms with Crippen molar-refractivity contribution in [1.82, 2.24) is 0 Å². The van der Waals surface area contributed by atoms with Crippen molar-refractivity contribution in [2.24, 2.45) is 11.7 Å². The van der Waals surface area contributed by atoms with Crippen molar-refractivity contribution >= 4 is 11.6 Å². The van der Waals surface area contributed by atoms with Gasteiger partial charge in [0, 0.05) is 0 Å². The third-order valence-corrected chi connectivity index (χ3v) is 4.15. The van der Waals surface area contributed by atoms with Gasteiger partial charge in [-0.15, -0.1) is 0 Å². The quantitative estimate of drug-likeness (QED) is 0.878. The van der Waals surface area contributed by atoms with E-state index in [4.69, 9.17) is 5.73 Å². The largest absolute Gasteiger partial charge is 0.369 e. The first-order valence-corrected chi connectivity index (χ1v) is 6.90. The minimum Gasteiger partial charge on any atom is -0.369 e. The first-order valence-electron chi connectivity index (χ1n) is 6.90. The summed E-state index contributed by atoms with van der Waals surface area (Å²) in [4.78, 5) is 11.9. The van der Waals surface area contributed by atoms with Crippen LogP contribution in [0, 0.1) is 11.7 Å². The molecule has 2 unspecified atom stereocenters. The van der Waals surface area contributed by atoms with Gasteiger partial charge in [-0.05, 0) is 30.9 Å². The molecule has 0 aliphatic heterocycles. The SMILES string of the molecule is CCC1CCCC(Nc2ccccc2F)(C(N)=O)C1. The Bertz CT molecular complexity index is 463. The lowest BCUT2D eigenvalue weighted by Gasteiger charge is -2.39. The number of primary amides is 1. The second-order valence-electron chi connectivity index (χ2n) is 5.42. The van der Waals surface area contributed by atoms with Crippen LogP contribution >= 0.6 is 0 Å². The van der Waals surface area contributed by atoms with E-state index in [0.29, 0.717) is 24.4 Å². The van der Waals surface area contributed by atoms with Crippen LogP contribution in [0.15, 0.2) is 24.3 Å². The van der Waals surface area contributed by atoms with E-state index in [-0.39, 0.29) is 11.7 Å². The van der Waals surface area contributed by atoms with E-state index in [0.717, 1.165) is 19.3 Å². The van der Waals surface area contributed by atoms with E-state index in [1.165, 1.54) is 6.07 Å². The van der Waals surface area contributed by atoms with Gasteiger partial charge in [0.05, 0.1) is 5.69 Å². The van der Waals surface area contributed by atoms with Crippen molar-refractivity contribution in [1.29, 1.82) is 0 Å². The van der Waals surface area contributed by atoms with Gasteiger partial charge in [0.25, 0.3) is 0 Å². The predicted octanol–water partition coefficient (Wildman–Crippen LogP) is 3.06. The molecule has 1 aromatic carbocycles. The van der Waals surface area contributed by atoms with Crippen molar-refractivity contribution in [3.05, 3.63) is 30.1 Å². The van der Waals surface area contributed by atoms with Crippen LogP contribution in [-0.2, 0) is 4.79 Å². The van der Waals surface area contributed by atoms with E-state index in [9.17, 15) is 9.18 Å². The Kier molecular flexibility index (Phi) is 4.08. The summed E-state index contributed by atoms with van der Waals surface area (Å²) in [7, 11) is 0. The van der Waals surface area contributed by atoms with Crippen LogP contribution in [-0.4, -0.2) is 11.4 Å². The van der Waals surface area contributed by atoms with Crippen LogP contribution in [0.5, 0.6) is 0 Å². The lowest BCUT2D eigenvalue weighted by molar-refractivity contribution is -0.123. The summed E-state index contributed by atoms with van der Waals surface area (Å²) >= 11 is 0. The van der Waals surface area contributed by atoms with Gasteiger partial charge in [0.1, 0.15) is 11.4 Å². The second kappa shape index (κ2) is 5.59. The second-order valence-corrected chi connectivity index (χ2v) is 5.42. The van der Waals surface area contributed by atoms with Gasteiger partial charge < -0.3 is 11.1 Å². The zero-order valence-corrected chi connectivity index (χ0v) is 11.3. The minimum atomic E-state index is -0.804. The maximum Gasteiger partial charge on any atom is 0.243 e. The molecule has 19 heavy (non-hydrogen) atoms. The number of amides is 1. The van der Waals surface area contributed by atoms with Crippen LogP contribution in [0.2, 0.25) is 0 Å². The van der Waals surface area contributed by atoms with E-state index < -0.39 is 5.54 Å². The monoisotopic (exact) mass is 264 g/mol. The number of halogens is 1. The minimum absolute atomic E-state index is 0.346. The number of anilines is 1. The number of hydrogen-bond donors (Lipinski definition) is 2. The number of nitrogens with two attached hydrogens (primary N) is 1. The summed E-state index contributed by atoms with van der Waals surface area (Å²) in [6.07, 6.45) is 4.45. The van der Waals surface area contributed by atoms with Crippen molar-refractivity contribution in [2.75, 3.05) is 5.32 Å². The number of carbonyl (C=O) groups is 1. The zero-order valence-electron chi connectivity index (χ0n) is 11.3. The topological polar surface area (TPSA) is 55.1 Å². The van der Waals surface area contributed by atoms with Gasteiger partial charge in [-0.3, -0.25) is 4.79 Å². The van der Waals surface area contributed by atoms with Crippen LogP contribution < -0.4 is 11.1 Å². The van der Waals surface area contributed by atoms with Crippen molar-refractivity contribution in [3.63, 3.8) is 0 Å². The molecule has 0 bridgehead atoms. The van der Waals surface area contributed by atoms with Gasteiger partial charge in [0.15, 0.2) is 0 Å². The summed E-state index contributed by atoms with van der Waals surface area (Å²) in [5.74, 6) is -0.254. The van der Waals surface area contributed by atoms with Gasteiger partial charge >= 0.3 is 0 Å². The highest BCUT2D eigenvalue weighted by Crippen LogP contribution is 2.37. The molecule has 1 aliphatic rings. The maximum atomic E-state index is 13.7. The van der Waals surface area contributed by atoms with E-state index >= 15 is 0 Å². The first-order chi connectivity index (χ1) is 9.07. The maximum absolute atomic E-state index is 13.7. The van der Waals surface area contributed by atoms with Crippen molar-refractivity contribution in [3.8, 4) is 0 Å². The van der Waals surface area contributed by atoms with Crippen LogP contribution in [0.25, 0.3) is 0 Å². The summed E-state index contributed by atoms with van der Waals surface area (Å²) in [6.45, 7) is 2.12. The Morgan fingerprint density at radius 2 is 2.26 bits per heavy atom. The molecular weight excluding hydrogens is 243 g/mol. The Hall–Kier alpha value is -1.58. The normalized spacial score (nSPS) is 26.9. The highest BCUT2D eigenvalue weighted by molar-refractivity contribution is 5.88. The van der Waals surface area contributed by atoms with Crippen molar-refractivity contribution in [2.45, 2.75) is 44.6 Å². The van der Waals surface area contributed by atoms with Gasteiger partial charge in [-0.1, -0.05) is 38.3 Å². The summed E-state index contributed by atoms with van der Waals surface area (Å²) in [5.41, 5.74) is 5.15. The number of rotatable bonds is 4. The molecule has 1 fully saturated rings. The standard InChI is InChI=1S/C15H21FN2O/c1-2-11-6-5-9-15(10-11,14(17)19)18-13-8-4-3-7-12(13)16/h3-4,7-8,11,18H,2,5-6,9-10H2,1H3,(H2,17,19). The predicted molar refractivity (Wildman–Crippen MR) is 74.2 cm³/mol. The zero-order chi connectivity index (χ0) is 13.9. The average molecular weight is 264 g/mol. The fourth-order valence-electron chi connectivity index (χ4n) is 2.96. The van der Waals surface area contributed by atoms with Crippen LogP contribution in [0.3, 0.4) is 0 Å². The molecule has 104 valence electrons. The highest BCUT2D eigenvalue weighted by Gasteiger charge is 2.41. The van der Waals surface area contributed by atoms with Crippen LogP contribution in [0.4, 0.5) is 10.1 Å². The smallest absolute Gasteiger partial charge is 0.243 e. The van der Waals surface area contributed by atoms with E-state index in [1.807, 2.05) is 0 Å². The molecule has 0 aromatic heterocycles. The number of hydrogen-bond acceptors (Lipinski definition) is 2. The Morgan fingerprint density at radius 1 is 1.53 bits per heavy atom. The number of nitrogens with one attached hydrogen (secondary N) is 1. The first kappa shape index (κ1) is 13.8.